The van der Waals surface area contributed by atoms with E-state index in [9.17, 15) is 5.26 Å². The zero-order valence-electron chi connectivity index (χ0n) is 30.3. The molecular formula is C51H28N6. The van der Waals surface area contributed by atoms with Crippen LogP contribution < -0.4 is 0 Å². The van der Waals surface area contributed by atoms with Gasteiger partial charge in [-0.2, -0.15) is 5.26 Å². The zero-order chi connectivity index (χ0) is 38.2. The molecule has 6 heteroatoms. The highest BCUT2D eigenvalue weighted by Gasteiger charge is 2.23. The largest absolute Gasteiger partial charge is 0.318 e. The van der Waals surface area contributed by atoms with Gasteiger partial charge in [0.1, 0.15) is 0 Å². The van der Waals surface area contributed by atoms with Crippen LogP contribution in [0, 0.1) is 24.5 Å². The van der Waals surface area contributed by atoms with Crippen LogP contribution in [0.1, 0.15) is 5.56 Å². The molecule has 57 heavy (non-hydrogen) atoms. The molecular weight excluding hydrogens is 697 g/mol. The summed E-state index contributed by atoms with van der Waals surface area (Å²) < 4.78 is 6.82. The Balaban J connectivity index is 1.23. The van der Waals surface area contributed by atoms with Crippen LogP contribution in [0.2, 0.25) is 0 Å². The van der Waals surface area contributed by atoms with Crippen molar-refractivity contribution in [1.29, 1.82) is 5.26 Å². The molecule has 0 amide bonds. The van der Waals surface area contributed by atoms with E-state index in [1.54, 1.807) is 0 Å². The maximum atomic E-state index is 9.76. The van der Waals surface area contributed by atoms with Gasteiger partial charge >= 0.3 is 0 Å². The first-order valence-corrected chi connectivity index (χ1v) is 18.6. The highest BCUT2D eigenvalue weighted by atomic mass is 15.0. The Hall–Kier alpha value is -8.37. The summed E-state index contributed by atoms with van der Waals surface area (Å²) in [5.41, 5.74) is 12.5. The number of aromatic nitrogens is 3. The van der Waals surface area contributed by atoms with Crippen LogP contribution in [-0.2, 0) is 0 Å². The Morgan fingerprint density at radius 2 is 1.00 bits per heavy atom. The molecule has 3 heterocycles. The molecule has 6 nitrogen and oxygen atoms in total. The highest BCUT2D eigenvalue weighted by Crippen LogP contribution is 2.45. The van der Waals surface area contributed by atoms with Gasteiger partial charge < -0.3 is 13.7 Å². The second-order valence-electron chi connectivity index (χ2n) is 14.2. The molecule has 0 unspecified atom stereocenters. The van der Waals surface area contributed by atoms with Gasteiger partial charge in [0.15, 0.2) is 5.69 Å². The Morgan fingerprint density at radius 1 is 0.421 bits per heavy atom. The minimum Gasteiger partial charge on any atom is -0.318 e. The molecule has 3 aromatic heterocycles. The van der Waals surface area contributed by atoms with Crippen molar-refractivity contribution in [3.05, 3.63) is 198 Å². The highest BCUT2D eigenvalue weighted by molar-refractivity contribution is 6.14. The summed E-state index contributed by atoms with van der Waals surface area (Å²) in [6.45, 7) is 16.3. The minimum absolute atomic E-state index is 0.561. The SMILES string of the molecule is [C-]#[N+]c1ccc2c(c1)c1ccc(-n3c4ccccc4c4cc(C#N)ccc43)cc1n2-c1ccccc1-c1cccc([N+]#[C-])c1-n1c2ccccc2c2ccccc21. The molecule has 8 aromatic carbocycles. The number of nitriles is 1. The topological polar surface area (TPSA) is 47.3 Å². The van der Waals surface area contributed by atoms with Gasteiger partial charge in [0.25, 0.3) is 0 Å². The average Bonchev–Trinajstić information content (AvgIpc) is 3.90. The molecule has 0 atom stereocenters. The number of benzene rings is 8. The summed E-state index contributed by atoms with van der Waals surface area (Å²) in [5, 5.41) is 16.1. The fraction of sp³-hybridized carbons (Fsp3) is 0. The van der Waals surface area contributed by atoms with E-state index in [1.807, 2.05) is 60.7 Å². The van der Waals surface area contributed by atoms with Gasteiger partial charge in [-0.25, -0.2) is 9.69 Å². The lowest BCUT2D eigenvalue weighted by Gasteiger charge is -2.20. The number of fused-ring (bicyclic) bond motifs is 9. The van der Waals surface area contributed by atoms with Crippen LogP contribution in [-0.4, -0.2) is 13.7 Å². The molecule has 0 spiro atoms. The fourth-order valence-electron chi connectivity index (χ4n) is 8.92. The van der Waals surface area contributed by atoms with E-state index in [-0.39, 0.29) is 0 Å². The van der Waals surface area contributed by atoms with Crippen LogP contribution in [0.5, 0.6) is 0 Å². The van der Waals surface area contributed by atoms with Gasteiger partial charge in [-0.05, 0) is 77.7 Å². The minimum atomic E-state index is 0.561. The Kier molecular flexibility index (Phi) is 6.95. The van der Waals surface area contributed by atoms with Gasteiger partial charge in [-0.3, -0.25) is 0 Å². The maximum absolute atomic E-state index is 9.76. The number of rotatable bonds is 4. The van der Waals surface area contributed by atoms with E-state index in [4.69, 9.17) is 13.1 Å². The molecule has 0 aliphatic rings. The van der Waals surface area contributed by atoms with Crippen molar-refractivity contribution < 1.29 is 0 Å². The van der Waals surface area contributed by atoms with Crippen molar-refractivity contribution in [3.8, 4) is 34.3 Å². The summed E-state index contributed by atoms with van der Waals surface area (Å²) in [6, 6.07) is 60.2. The van der Waals surface area contributed by atoms with E-state index in [2.05, 4.69) is 139 Å². The first-order valence-electron chi connectivity index (χ1n) is 18.6. The van der Waals surface area contributed by atoms with Crippen molar-refractivity contribution in [3.63, 3.8) is 0 Å². The summed E-state index contributed by atoms with van der Waals surface area (Å²) in [7, 11) is 0. The quantitative estimate of drug-likeness (QED) is 0.167. The van der Waals surface area contributed by atoms with Crippen LogP contribution in [0.25, 0.3) is 103 Å². The molecule has 0 bridgehead atoms. The summed E-state index contributed by atoms with van der Waals surface area (Å²) >= 11 is 0. The lowest BCUT2D eigenvalue weighted by Crippen LogP contribution is -2.02. The van der Waals surface area contributed by atoms with Crippen LogP contribution in [0.3, 0.4) is 0 Å². The van der Waals surface area contributed by atoms with E-state index in [0.29, 0.717) is 16.9 Å². The second kappa shape index (κ2) is 12.3. The monoisotopic (exact) mass is 724 g/mol. The predicted molar refractivity (Wildman–Crippen MR) is 232 cm³/mol. The maximum Gasteiger partial charge on any atom is 0.211 e. The van der Waals surface area contributed by atoms with E-state index in [1.165, 1.54) is 0 Å². The van der Waals surface area contributed by atoms with Crippen molar-refractivity contribution in [1.82, 2.24) is 13.7 Å². The lowest BCUT2D eigenvalue weighted by atomic mass is 9.99. The molecule has 0 N–H and O–H groups in total. The Labute approximate surface area is 327 Å². The smallest absolute Gasteiger partial charge is 0.211 e. The summed E-state index contributed by atoms with van der Waals surface area (Å²) in [5.74, 6) is 0. The summed E-state index contributed by atoms with van der Waals surface area (Å²) in [4.78, 5) is 7.92. The number of para-hydroxylation sites is 5. The Bertz CT molecular complexity index is 3580. The first kappa shape index (κ1) is 32.1. The van der Waals surface area contributed by atoms with Crippen molar-refractivity contribution in [2.45, 2.75) is 0 Å². The van der Waals surface area contributed by atoms with Gasteiger partial charge in [0.05, 0.1) is 69.3 Å². The van der Waals surface area contributed by atoms with Crippen molar-refractivity contribution in [2.75, 3.05) is 0 Å². The predicted octanol–water partition coefficient (Wildman–Crippen LogP) is 13.6. The second-order valence-corrected chi connectivity index (χ2v) is 14.2. The molecule has 0 fully saturated rings. The Morgan fingerprint density at radius 3 is 1.72 bits per heavy atom. The third-order valence-corrected chi connectivity index (χ3v) is 11.3. The first-order chi connectivity index (χ1) is 28.2. The molecule has 11 rings (SSSR count). The zero-order valence-corrected chi connectivity index (χ0v) is 30.3. The van der Waals surface area contributed by atoms with E-state index < -0.39 is 0 Å². The number of hydrogen-bond acceptors (Lipinski definition) is 1. The van der Waals surface area contributed by atoms with Crippen molar-refractivity contribution in [2.24, 2.45) is 0 Å². The van der Waals surface area contributed by atoms with Gasteiger partial charge in [-0.1, -0.05) is 103 Å². The van der Waals surface area contributed by atoms with Crippen LogP contribution in [0.4, 0.5) is 11.4 Å². The van der Waals surface area contributed by atoms with Gasteiger partial charge in [0.2, 0.25) is 5.69 Å². The lowest BCUT2D eigenvalue weighted by molar-refractivity contribution is 1.15. The third kappa shape index (κ3) is 4.61. The molecule has 0 saturated heterocycles. The normalized spacial score (nSPS) is 11.5. The van der Waals surface area contributed by atoms with Gasteiger partial charge in [-0.15, -0.1) is 0 Å². The third-order valence-electron chi connectivity index (χ3n) is 11.3. The fourth-order valence-corrected chi connectivity index (χ4v) is 8.92. The number of hydrogen-bond donors (Lipinski definition) is 0. The summed E-state index contributed by atoms with van der Waals surface area (Å²) in [6.07, 6.45) is 0. The molecule has 0 aliphatic carbocycles. The van der Waals surface area contributed by atoms with E-state index >= 15 is 0 Å². The average molecular weight is 725 g/mol. The van der Waals surface area contributed by atoms with Crippen LogP contribution in [0.15, 0.2) is 170 Å². The molecule has 11 aromatic rings. The molecule has 262 valence electrons. The molecule has 0 saturated carbocycles. The van der Waals surface area contributed by atoms with Gasteiger partial charge in [0, 0.05) is 38.2 Å². The van der Waals surface area contributed by atoms with Crippen LogP contribution >= 0.6 is 0 Å². The van der Waals surface area contributed by atoms with Crippen molar-refractivity contribution >= 4 is 76.8 Å². The van der Waals surface area contributed by atoms with E-state index in [0.717, 1.165) is 93.6 Å². The number of nitrogens with zero attached hydrogens (tertiary/aromatic N) is 6. The molecule has 0 aliphatic heterocycles. The molecule has 0 radical (unpaired) electrons. The standard InChI is InChI=1S/C51H28N6/c1-53-33-23-27-49-42(29-33)39-25-24-34(55-44-18-7-6-15-38(44)41-28-32(31-52)22-26-48(41)55)30-50(39)56(49)45-19-8-5-14-37(45)40-16-11-17-43(54-2)51(40)57-46-20-9-3-12-35(46)36-13-4-10-21-47(36)57/h3-30H.